The third-order valence-corrected chi connectivity index (χ3v) is 5.93. The van der Waals surface area contributed by atoms with E-state index in [1.165, 1.54) is 23.4 Å². The van der Waals surface area contributed by atoms with E-state index >= 15 is 0 Å². The lowest BCUT2D eigenvalue weighted by Gasteiger charge is -2.32. The number of carbonyl (C=O) groups excluding carboxylic acids is 1. The Morgan fingerprint density at radius 1 is 1.32 bits per heavy atom. The maximum Gasteiger partial charge on any atom is 0.246 e. The molecule has 3 heterocycles. The summed E-state index contributed by atoms with van der Waals surface area (Å²) in [5.41, 5.74) is 3.49. The number of anilines is 3. The van der Waals surface area contributed by atoms with Gasteiger partial charge in [-0.2, -0.15) is 4.98 Å². The standard InChI is InChI=1S/C23H29FN6O/c1-4-21(31)29-9-5-6-19(14-29)26-22-20(24)11-25-23(28-22)27-18-8-7-16-12-30(15(2)3)13-17(16)10-18/h4,7-8,10-11,15,19H,1,5-6,9,12-14H2,2-3H3,(H2,25,26,27,28). The first-order valence-electron chi connectivity index (χ1n) is 10.8. The Balaban J connectivity index is 1.45. The molecule has 1 aromatic heterocycles. The number of aromatic nitrogens is 2. The molecule has 2 aromatic rings. The monoisotopic (exact) mass is 424 g/mol. The Morgan fingerprint density at radius 2 is 2.13 bits per heavy atom. The average Bonchev–Trinajstić information content (AvgIpc) is 3.19. The van der Waals surface area contributed by atoms with Crippen molar-refractivity contribution in [2.75, 3.05) is 23.7 Å². The molecule has 7 nitrogen and oxygen atoms in total. The maximum atomic E-state index is 14.4. The van der Waals surface area contributed by atoms with Gasteiger partial charge in [-0.25, -0.2) is 9.37 Å². The normalized spacial score (nSPS) is 18.7. The molecule has 4 rings (SSSR count). The van der Waals surface area contributed by atoms with Crippen LogP contribution in [0.25, 0.3) is 0 Å². The summed E-state index contributed by atoms with van der Waals surface area (Å²) in [6.45, 7) is 11.0. The van der Waals surface area contributed by atoms with Crippen molar-refractivity contribution in [2.24, 2.45) is 0 Å². The van der Waals surface area contributed by atoms with Crippen molar-refractivity contribution in [3.8, 4) is 0 Å². The minimum atomic E-state index is -0.515. The molecule has 0 saturated carbocycles. The van der Waals surface area contributed by atoms with Crippen molar-refractivity contribution in [1.82, 2.24) is 19.8 Å². The van der Waals surface area contributed by atoms with Gasteiger partial charge in [-0.1, -0.05) is 12.6 Å². The maximum absolute atomic E-state index is 14.4. The van der Waals surface area contributed by atoms with Crippen LogP contribution >= 0.6 is 0 Å². The zero-order chi connectivity index (χ0) is 22.0. The number of fused-ring (bicyclic) bond motifs is 1. The molecule has 8 heteroatoms. The van der Waals surface area contributed by atoms with E-state index in [4.69, 9.17) is 0 Å². The molecule has 1 atom stereocenters. The van der Waals surface area contributed by atoms with E-state index in [0.29, 0.717) is 25.1 Å². The van der Waals surface area contributed by atoms with Crippen molar-refractivity contribution in [3.05, 3.63) is 54.0 Å². The zero-order valence-electron chi connectivity index (χ0n) is 18.1. The van der Waals surface area contributed by atoms with Crippen LogP contribution in [0.1, 0.15) is 37.8 Å². The van der Waals surface area contributed by atoms with Gasteiger partial charge in [-0.05, 0) is 56.0 Å². The number of hydrogen-bond acceptors (Lipinski definition) is 6. The lowest BCUT2D eigenvalue weighted by molar-refractivity contribution is -0.127. The molecular formula is C23H29FN6O. The molecular weight excluding hydrogens is 395 g/mol. The first-order valence-corrected chi connectivity index (χ1v) is 10.8. The summed E-state index contributed by atoms with van der Waals surface area (Å²) >= 11 is 0. The first-order chi connectivity index (χ1) is 14.9. The van der Waals surface area contributed by atoms with Gasteiger partial charge in [0.05, 0.1) is 6.20 Å². The lowest BCUT2D eigenvalue weighted by Crippen LogP contribution is -2.44. The van der Waals surface area contributed by atoms with Gasteiger partial charge >= 0.3 is 0 Å². The first kappa shape index (κ1) is 21.2. The Kier molecular flexibility index (Phi) is 6.18. The predicted octanol–water partition coefficient (Wildman–Crippen LogP) is 3.67. The molecule has 0 aliphatic carbocycles. The van der Waals surface area contributed by atoms with E-state index in [9.17, 15) is 9.18 Å². The number of halogens is 1. The summed E-state index contributed by atoms with van der Waals surface area (Å²) in [5, 5.41) is 6.34. The van der Waals surface area contributed by atoms with Crippen molar-refractivity contribution in [1.29, 1.82) is 0 Å². The molecule has 1 fully saturated rings. The van der Waals surface area contributed by atoms with Crippen LogP contribution in [0, 0.1) is 5.82 Å². The summed E-state index contributed by atoms with van der Waals surface area (Å²) in [6, 6.07) is 6.66. The summed E-state index contributed by atoms with van der Waals surface area (Å²) in [6.07, 6.45) is 4.16. The second-order valence-corrected chi connectivity index (χ2v) is 8.47. The minimum Gasteiger partial charge on any atom is -0.363 e. The summed E-state index contributed by atoms with van der Waals surface area (Å²) in [5.74, 6) is -0.149. The SMILES string of the molecule is C=CC(=O)N1CCCC(Nc2nc(Nc3ccc4c(c3)CN(C(C)C)C4)ncc2F)C1. The number of carbonyl (C=O) groups is 1. The van der Waals surface area contributed by atoms with E-state index in [1.54, 1.807) is 4.90 Å². The smallest absolute Gasteiger partial charge is 0.246 e. The van der Waals surface area contributed by atoms with Gasteiger partial charge in [-0.15, -0.1) is 0 Å². The minimum absolute atomic E-state index is 0.0723. The molecule has 0 spiro atoms. The fraction of sp³-hybridized carbons (Fsp3) is 0.435. The fourth-order valence-corrected chi connectivity index (χ4v) is 4.14. The third kappa shape index (κ3) is 4.85. The van der Waals surface area contributed by atoms with Gasteiger partial charge in [0.2, 0.25) is 11.9 Å². The van der Waals surface area contributed by atoms with Crippen LogP contribution in [0.2, 0.25) is 0 Å². The Labute approximate surface area is 182 Å². The van der Waals surface area contributed by atoms with Crippen LogP contribution in [0.3, 0.4) is 0 Å². The van der Waals surface area contributed by atoms with Gasteiger partial charge in [0.15, 0.2) is 11.6 Å². The number of likely N-dealkylation sites (tertiary alicyclic amines) is 1. The highest BCUT2D eigenvalue weighted by Gasteiger charge is 2.24. The fourth-order valence-electron chi connectivity index (χ4n) is 4.14. The third-order valence-electron chi connectivity index (χ3n) is 5.93. The van der Waals surface area contributed by atoms with Crippen molar-refractivity contribution >= 4 is 23.4 Å². The quantitative estimate of drug-likeness (QED) is 0.690. The van der Waals surface area contributed by atoms with Crippen LogP contribution in [0.15, 0.2) is 37.1 Å². The van der Waals surface area contributed by atoms with Gasteiger partial charge in [-0.3, -0.25) is 9.69 Å². The Hall–Kier alpha value is -3.00. The summed E-state index contributed by atoms with van der Waals surface area (Å²) in [7, 11) is 0. The van der Waals surface area contributed by atoms with Crippen LogP contribution in [0.5, 0.6) is 0 Å². The molecule has 0 bridgehead atoms. The van der Waals surface area contributed by atoms with Crippen LogP contribution in [-0.4, -0.2) is 50.8 Å². The van der Waals surface area contributed by atoms with Crippen LogP contribution in [0.4, 0.5) is 21.8 Å². The van der Waals surface area contributed by atoms with E-state index in [1.807, 2.05) is 6.07 Å². The molecule has 164 valence electrons. The summed E-state index contributed by atoms with van der Waals surface area (Å²) in [4.78, 5) is 24.5. The molecule has 1 saturated heterocycles. The van der Waals surface area contributed by atoms with Gasteiger partial charge in [0.25, 0.3) is 0 Å². The highest BCUT2D eigenvalue weighted by atomic mass is 19.1. The van der Waals surface area contributed by atoms with Gasteiger partial charge in [0, 0.05) is 44.0 Å². The Morgan fingerprint density at radius 3 is 2.90 bits per heavy atom. The number of amides is 1. The molecule has 1 aromatic carbocycles. The highest BCUT2D eigenvalue weighted by Crippen LogP contribution is 2.28. The summed E-state index contributed by atoms with van der Waals surface area (Å²) < 4.78 is 14.4. The van der Waals surface area contributed by atoms with Crippen molar-refractivity contribution in [3.63, 3.8) is 0 Å². The molecule has 2 aliphatic heterocycles. The molecule has 0 radical (unpaired) electrons. The molecule has 2 aliphatic rings. The number of rotatable bonds is 6. The van der Waals surface area contributed by atoms with E-state index in [2.05, 4.69) is 58.1 Å². The van der Waals surface area contributed by atoms with E-state index in [0.717, 1.165) is 31.6 Å². The molecule has 1 unspecified atom stereocenters. The topological polar surface area (TPSA) is 73.4 Å². The highest BCUT2D eigenvalue weighted by molar-refractivity contribution is 5.87. The Bertz CT molecular complexity index is 979. The zero-order valence-corrected chi connectivity index (χ0v) is 18.1. The average molecular weight is 425 g/mol. The van der Waals surface area contributed by atoms with Crippen molar-refractivity contribution < 1.29 is 9.18 Å². The van der Waals surface area contributed by atoms with Gasteiger partial charge in [0.1, 0.15) is 0 Å². The number of hydrogen-bond donors (Lipinski definition) is 2. The predicted molar refractivity (Wildman–Crippen MR) is 120 cm³/mol. The number of nitrogens with one attached hydrogen (secondary N) is 2. The number of piperidine rings is 1. The van der Waals surface area contributed by atoms with E-state index < -0.39 is 5.82 Å². The molecule has 31 heavy (non-hydrogen) atoms. The number of nitrogens with zero attached hydrogens (tertiary/aromatic N) is 4. The number of benzene rings is 1. The van der Waals surface area contributed by atoms with Crippen molar-refractivity contribution in [2.45, 2.75) is 51.9 Å². The van der Waals surface area contributed by atoms with Crippen LogP contribution in [-0.2, 0) is 17.9 Å². The van der Waals surface area contributed by atoms with Gasteiger partial charge < -0.3 is 15.5 Å². The second-order valence-electron chi connectivity index (χ2n) is 8.47. The lowest BCUT2D eigenvalue weighted by atomic mass is 10.1. The molecule has 2 N–H and O–H groups in total. The second kappa shape index (κ2) is 9.01. The largest absolute Gasteiger partial charge is 0.363 e. The molecule has 1 amide bonds. The van der Waals surface area contributed by atoms with E-state index in [-0.39, 0.29) is 17.8 Å². The van der Waals surface area contributed by atoms with Crippen LogP contribution < -0.4 is 10.6 Å².